The molecule has 818 valence electrons. The van der Waals surface area contributed by atoms with Crippen LogP contribution < -0.4 is 47.9 Å². The van der Waals surface area contributed by atoms with Crippen molar-refractivity contribution in [3.63, 3.8) is 0 Å². The van der Waals surface area contributed by atoms with Crippen LogP contribution in [-0.2, 0) is 105 Å². The molecule has 15 unspecified atom stereocenters. The van der Waals surface area contributed by atoms with Gasteiger partial charge in [0.25, 0.3) is 0 Å². The fraction of sp³-hybridized carbons (Fsp3) is 0.874. The highest BCUT2D eigenvalue weighted by Crippen LogP contribution is 2.41. The molecule has 141 heavy (non-hydrogen) atoms. The van der Waals surface area contributed by atoms with Gasteiger partial charge in [-0.05, 0) is 155 Å². The molecule has 4 aliphatic rings. The first-order chi connectivity index (χ1) is 67.6. The van der Waals surface area contributed by atoms with E-state index >= 15 is 0 Å². The molecule has 0 radical (unpaired) electrons. The van der Waals surface area contributed by atoms with Crippen LogP contribution in [0.5, 0.6) is 0 Å². The Morgan fingerprint density at radius 1 is 0.404 bits per heavy atom. The van der Waals surface area contributed by atoms with E-state index in [0.29, 0.717) is 187 Å². The van der Waals surface area contributed by atoms with Gasteiger partial charge in [0.05, 0.1) is 98.0 Å². The summed E-state index contributed by atoms with van der Waals surface area (Å²) in [5.74, 6) is -0.766. The van der Waals surface area contributed by atoms with Gasteiger partial charge in [0.2, 0.25) is 41.4 Å². The minimum Gasteiger partial charge on any atom is -0.450 e. The van der Waals surface area contributed by atoms with Crippen molar-refractivity contribution >= 4 is 92.8 Å². The van der Waals surface area contributed by atoms with Gasteiger partial charge in [-0.25, -0.2) is 14.4 Å². The number of amides is 10. The number of alkyl carbamates (subject to hydrolysis) is 3. The summed E-state index contributed by atoms with van der Waals surface area (Å²) in [6.45, 7) is 16.6. The average Bonchev–Trinajstić information content (AvgIpc) is 1.64. The third-order valence-corrected chi connectivity index (χ3v) is 27.3. The molecule has 4 aliphatic heterocycles. The lowest BCUT2D eigenvalue weighted by Crippen LogP contribution is -2.64. The fourth-order valence-electron chi connectivity index (χ4n) is 16.4. The Balaban J connectivity index is 0.00000126. The second-order valence-electron chi connectivity index (χ2n) is 36.8. The number of hydrogen-bond donors (Lipinski definition) is 18. The predicted molar refractivity (Wildman–Crippen MR) is 521 cm³/mol. The number of nitrogens with one attached hydrogen (secondary N) is 9. The zero-order valence-corrected chi connectivity index (χ0v) is 86.3. The number of carbonyl (C=O) groups excluding carboxylic acids is 12. The number of unbranched alkanes of at least 4 members (excludes halogenated alkanes) is 10. The fourth-order valence-corrected chi connectivity index (χ4v) is 18.9. The molecular formula is C95H172N10O34S2. The maximum atomic E-state index is 12.9. The Hall–Kier alpha value is -6.62. The van der Waals surface area contributed by atoms with Gasteiger partial charge in [-0.15, -0.1) is 0 Å². The predicted octanol–water partition coefficient (Wildman–Crippen LogP) is 3.48. The van der Waals surface area contributed by atoms with Crippen molar-refractivity contribution in [2.45, 2.75) is 369 Å². The first-order valence-corrected chi connectivity index (χ1v) is 52.7. The molecule has 4 rings (SSSR count). The summed E-state index contributed by atoms with van der Waals surface area (Å²) in [6, 6.07) is -3.15. The maximum absolute atomic E-state index is 12.9. The van der Waals surface area contributed by atoms with Crippen molar-refractivity contribution in [3.05, 3.63) is 0 Å². The van der Waals surface area contributed by atoms with E-state index in [0.717, 1.165) is 89.6 Å². The molecule has 46 heteroatoms. The number of hydrogen-bond acceptors (Lipinski definition) is 36. The topological polar surface area (TPSA) is 618 Å². The molecule has 0 saturated carbocycles. The molecule has 10 amide bonds. The second kappa shape index (κ2) is 76.9. The number of Topliss-reactive ketones (excluding diaryl/α,β-unsaturated/α-hetero) is 2. The van der Waals surface area contributed by atoms with Gasteiger partial charge in [0, 0.05) is 143 Å². The number of rotatable bonds is 77. The molecule has 0 aliphatic carbocycles. The minimum atomic E-state index is -1.44. The summed E-state index contributed by atoms with van der Waals surface area (Å²) in [7, 11) is 6.98. The summed E-state index contributed by atoms with van der Waals surface area (Å²) in [5, 5.41) is 115. The lowest BCUT2D eigenvalue weighted by Gasteiger charge is -2.42. The Kier molecular flexibility index (Phi) is 70.1. The third kappa shape index (κ3) is 57.3. The monoisotopic (exact) mass is 2060 g/mol. The van der Waals surface area contributed by atoms with E-state index in [2.05, 4.69) is 68.6 Å². The second-order valence-corrected chi connectivity index (χ2v) is 39.9. The highest BCUT2D eigenvalue weighted by molar-refractivity contribution is 8.77. The Morgan fingerprint density at radius 2 is 0.766 bits per heavy atom. The van der Waals surface area contributed by atoms with E-state index in [-0.39, 0.29) is 112 Å². The lowest BCUT2D eigenvalue weighted by atomic mass is 9.72. The molecule has 0 bridgehead atoms. The number of ketones is 2. The lowest BCUT2D eigenvalue weighted by molar-refractivity contribution is -0.270. The zero-order valence-electron chi connectivity index (χ0n) is 84.7. The van der Waals surface area contributed by atoms with E-state index in [1.54, 1.807) is 25.0 Å². The van der Waals surface area contributed by atoms with Crippen LogP contribution in [0.15, 0.2) is 0 Å². The molecule has 4 saturated heterocycles. The number of likely N-dealkylation sites (tertiary alicyclic amines) is 1. The molecule has 4 fully saturated rings. The minimum absolute atomic E-state index is 0.0426. The van der Waals surface area contributed by atoms with Gasteiger partial charge in [0.15, 0.2) is 18.9 Å². The maximum Gasteiger partial charge on any atom is 0.407 e. The van der Waals surface area contributed by atoms with Crippen LogP contribution in [-0.4, -0.2) is 389 Å². The SMILES string of the molecule is CC(=O)CC(CCCOC(=O)NCCCCCCNC(=O)CCCOC1OC(CO)C(O)C(O)C1NC(C)=O)(CCCOC(=O)NCCCCCCNC(=O)CCCOC1OC(CO)C(O)C(O)C1NC(C)=O)CCCOC(=O)NCCCCCCNC(=O)CCCOC1OC(CO)C(O)C(O)C1NC(C)=O.CCCOCCOCCSSC(C)(C)CCC(=O)CCCCC(=O)N1C[C@@H](OC)C[C@@H]1COC. The number of aliphatic hydroxyl groups excluding tert-OH is 9. The smallest absolute Gasteiger partial charge is 0.407 e. The zero-order chi connectivity index (χ0) is 104. The van der Waals surface area contributed by atoms with Crippen molar-refractivity contribution < 1.29 is 165 Å². The van der Waals surface area contributed by atoms with E-state index in [1.807, 2.05) is 15.7 Å². The summed E-state index contributed by atoms with van der Waals surface area (Å²) >= 11 is 0. The normalized spacial score (nSPS) is 23.2. The first-order valence-electron chi connectivity index (χ1n) is 50.4. The van der Waals surface area contributed by atoms with Crippen LogP contribution in [0.4, 0.5) is 14.4 Å². The molecule has 18 N–H and O–H groups in total. The Labute approximate surface area is 839 Å². The van der Waals surface area contributed by atoms with Gasteiger partial charge in [0.1, 0.15) is 84.6 Å². The molecule has 44 nitrogen and oxygen atoms in total. The van der Waals surface area contributed by atoms with Crippen molar-refractivity contribution in [2.24, 2.45) is 5.41 Å². The van der Waals surface area contributed by atoms with E-state index < -0.39 is 153 Å². The van der Waals surface area contributed by atoms with Crippen LogP contribution in [0.2, 0.25) is 0 Å². The van der Waals surface area contributed by atoms with Crippen molar-refractivity contribution in [1.29, 1.82) is 0 Å². The number of aliphatic hydroxyl groups is 9. The van der Waals surface area contributed by atoms with Crippen LogP contribution in [0, 0.1) is 5.41 Å². The highest BCUT2D eigenvalue weighted by atomic mass is 33.1. The van der Waals surface area contributed by atoms with Gasteiger partial charge in [-0.3, -0.25) is 38.4 Å². The molecule has 0 aromatic carbocycles. The average molecular weight is 2060 g/mol. The van der Waals surface area contributed by atoms with Crippen LogP contribution in [0.25, 0.3) is 0 Å². The summed E-state index contributed by atoms with van der Waals surface area (Å²) in [4.78, 5) is 150. The highest BCUT2D eigenvalue weighted by Gasteiger charge is 2.49. The summed E-state index contributed by atoms with van der Waals surface area (Å²) < 4.78 is 71.8. The van der Waals surface area contributed by atoms with Gasteiger partial charge >= 0.3 is 18.3 Å². The van der Waals surface area contributed by atoms with E-state index in [9.17, 15) is 103 Å². The first kappa shape index (κ1) is 129. The molecule has 0 spiro atoms. The van der Waals surface area contributed by atoms with Gasteiger partial charge in [-0.2, -0.15) is 0 Å². The van der Waals surface area contributed by atoms with Gasteiger partial charge < -0.3 is 165 Å². The van der Waals surface area contributed by atoms with Crippen molar-refractivity contribution in [2.75, 3.05) is 158 Å². The molecule has 0 aromatic heterocycles. The summed E-state index contributed by atoms with van der Waals surface area (Å²) in [6.07, 6.45) is 1.43. The third-order valence-electron chi connectivity index (χ3n) is 24.0. The molecule has 4 heterocycles. The number of nitrogens with zero attached hydrogens (tertiary/aromatic N) is 1. The Bertz CT molecular complexity index is 3230. The standard InChI is InChI=1S/C70H125N9O28.C25H47NO6S2/c1-45(83)41-70(26-20-38-102-67(96)74-32-14-8-5-11-29-71-52(87)23-17-35-99-64-55(77-46(2)84)61(93)58(90)49(42-80)105-64,27-21-39-103-68(97)75-33-15-9-6-12-30-72-53(88)24-18-36-100-65-56(78-47(3)85)62(94)59(91)50(43-81)106-65)28-22-40-104-69(98)76-34-16-10-7-13-31-73-54(89)25-19-37-101-66-57(79-48(4)86)63(95)60(92)51(44-82)107-66;1-6-13-31-14-15-32-16-17-33-34-25(2,3)12-11-22(27)9-7-8-10-24(28)26-19-23(30-5)18-21(26)20-29-4/h49-51,55-66,80-82,90-95H,5-44H2,1-4H3,(H,71,87)(H,72,88)(H,73,89)(H,74,96)(H,75,97)(H,76,98)(H,77,84)(H,78,85)(H,79,86);21,23H,6-20H2,1-5H3/t;21-,23+/m.1/s1. The van der Waals surface area contributed by atoms with E-state index in [4.69, 9.17) is 61.6 Å². The molecule has 17 atom stereocenters. The molecular weight excluding hydrogens is 1890 g/mol. The quantitative estimate of drug-likeness (QED) is 0.0235. The van der Waals surface area contributed by atoms with Gasteiger partial charge in [-0.1, -0.05) is 67.0 Å². The van der Waals surface area contributed by atoms with Crippen LogP contribution in [0.3, 0.4) is 0 Å². The number of carbonyl (C=O) groups is 12. The van der Waals surface area contributed by atoms with Crippen molar-refractivity contribution in [3.8, 4) is 0 Å². The molecule has 0 aromatic rings. The number of ether oxygens (including phenoxy) is 13. The Morgan fingerprint density at radius 3 is 1.11 bits per heavy atom. The van der Waals surface area contributed by atoms with E-state index in [1.165, 1.54) is 27.7 Å². The van der Waals surface area contributed by atoms with Crippen molar-refractivity contribution in [1.82, 2.24) is 52.8 Å². The number of methoxy groups -OCH3 is 2. The summed E-state index contributed by atoms with van der Waals surface area (Å²) in [5.41, 5.74) is -0.619. The van der Waals surface area contributed by atoms with Crippen LogP contribution in [0.1, 0.15) is 260 Å². The van der Waals surface area contributed by atoms with Crippen LogP contribution >= 0.6 is 21.6 Å². The largest absolute Gasteiger partial charge is 0.450 e.